The topological polar surface area (TPSA) is 63.1 Å². The zero-order chi connectivity index (χ0) is 19.5. The highest BCUT2D eigenvalue weighted by Crippen LogP contribution is 2.28. The number of benzene rings is 1. The number of nitrogens with one attached hydrogen (secondary N) is 1. The van der Waals surface area contributed by atoms with Crippen LogP contribution in [0.3, 0.4) is 0 Å². The molecule has 0 bridgehead atoms. The molecule has 1 fully saturated rings. The van der Waals surface area contributed by atoms with E-state index in [0.717, 1.165) is 42.9 Å². The lowest BCUT2D eigenvalue weighted by Crippen LogP contribution is -2.32. The molecule has 28 heavy (non-hydrogen) atoms. The van der Waals surface area contributed by atoms with Crippen molar-refractivity contribution in [3.8, 4) is 11.1 Å². The van der Waals surface area contributed by atoms with E-state index in [1.54, 1.807) is 12.4 Å². The van der Waals surface area contributed by atoms with Crippen LogP contribution in [0.1, 0.15) is 34.9 Å². The van der Waals surface area contributed by atoms with Gasteiger partial charge in [-0.3, -0.25) is 9.78 Å². The molecule has 6 heteroatoms. The van der Waals surface area contributed by atoms with Crippen molar-refractivity contribution in [2.45, 2.75) is 25.8 Å². The van der Waals surface area contributed by atoms with Crippen LogP contribution in [0.5, 0.6) is 0 Å². The second kappa shape index (κ2) is 7.94. The predicted molar refractivity (Wildman–Crippen MR) is 110 cm³/mol. The third kappa shape index (κ3) is 3.68. The maximum atomic E-state index is 13.2. The van der Waals surface area contributed by atoms with Crippen molar-refractivity contribution in [1.29, 1.82) is 0 Å². The molecule has 0 atom stereocenters. The van der Waals surface area contributed by atoms with Gasteiger partial charge in [0, 0.05) is 12.3 Å². The molecule has 144 valence electrons. The van der Waals surface area contributed by atoms with Crippen LogP contribution in [-0.4, -0.2) is 45.7 Å². The molecule has 1 N–H and O–H groups in total. The van der Waals surface area contributed by atoms with E-state index in [9.17, 15) is 4.79 Å². The molecular weight excluding hydrogens is 350 g/mol. The second-order valence-corrected chi connectivity index (χ2v) is 7.33. The average Bonchev–Trinajstić information content (AvgIpc) is 3.17. The van der Waals surface area contributed by atoms with Crippen molar-refractivity contribution in [2.24, 2.45) is 0 Å². The molecule has 1 aliphatic rings. The van der Waals surface area contributed by atoms with Gasteiger partial charge in [-0.1, -0.05) is 30.3 Å². The fourth-order valence-electron chi connectivity index (χ4n) is 3.83. The van der Waals surface area contributed by atoms with Gasteiger partial charge in [0.25, 0.3) is 5.91 Å². The molecule has 0 radical (unpaired) electrons. The van der Waals surface area contributed by atoms with Gasteiger partial charge in [0.05, 0.1) is 23.5 Å². The maximum absolute atomic E-state index is 13.2. The molecule has 0 saturated carbocycles. The minimum Gasteiger partial charge on any atom is -0.307 e. The van der Waals surface area contributed by atoms with Crippen LogP contribution >= 0.6 is 0 Å². The number of amides is 1. The lowest BCUT2D eigenvalue weighted by atomic mass is 9.99. The predicted octanol–water partition coefficient (Wildman–Crippen LogP) is 3.77. The van der Waals surface area contributed by atoms with E-state index in [1.165, 1.54) is 0 Å². The number of nitrogens with zero attached hydrogens (tertiary/aromatic N) is 4. The molecule has 6 nitrogen and oxygen atoms in total. The minimum atomic E-state index is -0.154. The molecule has 1 aromatic carbocycles. The summed E-state index contributed by atoms with van der Waals surface area (Å²) in [7, 11) is 2.14. The Balaban J connectivity index is 1.62. The largest absolute Gasteiger partial charge is 0.307 e. The van der Waals surface area contributed by atoms with Gasteiger partial charge in [-0.2, -0.15) is 5.10 Å². The lowest BCUT2D eigenvalue weighted by molar-refractivity contribution is 0.102. The monoisotopic (exact) mass is 375 g/mol. The third-order valence-electron chi connectivity index (χ3n) is 5.40. The Kier molecular flexibility index (Phi) is 5.21. The first kappa shape index (κ1) is 18.4. The quantitative estimate of drug-likeness (QED) is 0.754. The molecule has 0 spiro atoms. The Morgan fingerprint density at radius 3 is 2.57 bits per heavy atom. The molecular formula is C22H25N5O. The summed E-state index contributed by atoms with van der Waals surface area (Å²) in [5, 5.41) is 7.56. The fourth-order valence-corrected chi connectivity index (χ4v) is 3.83. The van der Waals surface area contributed by atoms with Crippen LogP contribution in [0.25, 0.3) is 11.1 Å². The van der Waals surface area contributed by atoms with Crippen LogP contribution in [0.15, 0.2) is 54.9 Å². The van der Waals surface area contributed by atoms with Crippen molar-refractivity contribution in [1.82, 2.24) is 19.7 Å². The Morgan fingerprint density at radius 2 is 1.82 bits per heavy atom. The number of aromatic nitrogens is 3. The van der Waals surface area contributed by atoms with Crippen LogP contribution in [0.4, 0.5) is 5.82 Å². The maximum Gasteiger partial charge on any atom is 0.259 e. The number of hydrogen-bond acceptors (Lipinski definition) is 4. The van der Waals surface area contributed by atoms with Gasteiger partial charge >= 0.3 is 0 Å². The minimum absolute atomic E-state index is 0.154. The summed E-state index contributed by atoms with van der Waals surface area (Å²) in [6.45, 7) is 3.95. The van der Waals surface area contributed by atoms with E-state index >= 15 is 0 Å². The number of rotatable bonds is 4. The molecule has 3 aromatic rings. The fraction of sp³-hybridized carbons (Fsp3) is 0.318. The first-order chi connectivity index (χ1) is 13.6. The molecule has 1 saturated heterocycles. The van der Waals surface area contributed by atoms with Crippen LogP contribution in [0, 0.1) is 6.92 Å². The number of carbonyl (C=O) groups excluding carboxylic acids is 1. The number of carbonyl (C=O) groups is 1. The number of pyridine rings is 1. The standard InChI is InChI=1S/C22H25N5O/c1-16-21(19(8-12-23-16)17-6-4-3-5-7-17)22(28)25-20-9-13-24-27(20)18-10-14-26(2)15-11-18/h3-9,12-13,18H,10-11,14-15H2,1-2H3,(H,25,28). The lowest BCUT2D eigenvalue weighted by Gasteiger charge is -2.30. The van der Waals surface area contributed by atoms with Crippen LogP contribution < -0.4 is 5.32 Å². The highest BCUT2D eigenvalue weighted by atomic mass is 16.1. The van der Waals surface area contributed by atoms with Gasteiger partial charge in [0.2, 0.25) is 0 Å². The Morgan fingerprint density at radius 1 is 1.07 bits per heavy atom. The number of aryl methyl sites for hydroxylation is 1. The Bertz CT molecular complexity index is 958. The summed E-state index contributed by atoms with van der Waals surface area (Å²) < 4.78 is 1.96. The van der Waals surface area contributed by atoms with Gasteiger partial charge < -0.3 is 10.2 Å². The first-order valence-electron chi connectivity index (χ1n) is 9.68. The zero-order valence-corrected chi connectivity index (χ0v) is 16.3. The van der Waals surface area contributed by atoms with Gasteiger partial charge in [0.1, 0.15) is 5.82 Å². The molecule has 4 rings (SSSR count). The molecule has 0 unspecified atom stereocenters. The summed E-state index contributed by atoms with van der Waals surface area (Å²) in [6, 6.07) is 14.0. The van der Waals surface area contributed by atoms with E-state index in [4.69, 9.17) is 0 Å². The highest BCUT2D eigenvalue weighted by Gasteiger charge is 2.23. The van der Waals surface area contributed by atoms with Crippen molar-refractivity contribution >= 4 is 11.7 Å². The SMILES string of the molecule is Cc1nccc(-c2ccccc2)c1C(=O)Nc1ccnn1C1CCN(C)CC1. The van der Waals surface area contributed by atoms with E-state index in [2.05, 4.69) is 27.3 Å². The number of hydrogen-bond donors (Lipinski definition) is 1. The third-order valence-corrected chi connectivity index (χ3v) is 5.40. The summed E-state index contributed by atoms with van der Waals surface area (Å²) in [5.74, 6) is 0.584. The van der Waals surface area contributed by atoms with Crippen molar-refractivity contribution in [2.75, 3.05) is 25.5 Å². The van der Waals surface area contributed by atoms with Crippen molar-refractivity contribution in [3.63, 3.8) is 0 Å². The van der Waals surface area contributed by atoms with Gasteiger partial charge in [0.15, 0.2) is 0 Å². The second-order valence-electron chi connectivity index (χ2n) is 7.33. The van der Waals surface area contributed by atoms with Gasteiger partial charge in [-0.25, -0.2) is 4.68 Å². The van der Waals surface area contributed by atoms with E-state index in [-0.39, 0.29) is 5.91 Å². The summed E-state index contributed by atoms with van der Waals surface area (Å²) in [4.78, 5) is 19.9. The van der Waals surface area contributed by atoms with Crippen LogP contribution in [0.2, 0.25) is 0 Å². The van der Waals surface area contributed by atoms with Crippen LogP contribution in [-0.2, 0) is 0 Å². The number of anilines is 1. The molecule has 1 amide bonds. The van der Waals surface area contributed by atoms with E-state index in [1.807, 2.05) is 54.1 Å². The normalized spacial score (nSPS) is 15.5. The van der Waals surface area contributed by atoms with Crippen molar-refractivity contribution in [3.05, 3.63) is 66.1 Å². The smallest absolute Gasteiger partial charge is 0.259 e. The van der Waals surface area contributed by atoms with E-state index in [0.29, 0.717) is 17.3 Å². The zero-order valence-electron chi connectivity index (χ0n) is 16.3. The Hall–Kier alpha value is -2.99. The highest BCUT2D eigenvalue weighted by molar-refractivity contribution is 6.09. The molecule has 2 aromatic heterocycles. The summed E-state index contributed by atoms with van der Waals surface area (Å²) in [6.07, 6.45) is 5.56. The van der Waals surface area contributed by atoms with E-state index < -0.39 is 0 Å². The molecule has 3 heterocycles. The molecule has 0 aliphatic carbocycles. The van der Waals surface area contributed by atoms with Gasteiger partial charge in [-0.15, -0.1) is 0 Å². The van der Waals surface area contributed by atoms with Crippen molar-refractivity contribution < 1.29 is 4.79 Å². The average molecular weight is 375 g/mol. The summed E-state index contributed by atoms with van der Waals surface area (Å²) in [5.41, 5.74) is 3.20. The summed E-state index contributed by atoms with van der Waals surface area (Å²) >= 11 is 0. The van der Waals surface area contributed by atoms with Gasteiger partial charge in [-0.05, 0) is 57.1 Å². The Labute approximate surface area is 165 Å². The first-order valence-corrected chi connectivity index (χ1v) is 9.68. The number of piperidine rings is 1. The number of likely N-dealkylation sites (tertiary alicyclic amines) is 1. The molecule has 1 aliphatic heterocycles.